The van der Waals surface area contributed by atoms with Crippen molar-refractivity contribution >= 4 is 38.1 Å². The molecule has 0 heterocycles. The molecule has 168 valence electrons. The number of carbonyl (C=O) groups is 1. The van der Waals surface area contributed by atoms with Crippen LogP contribution in [-0.4, -0.2) is 28.0 Å². The third kappa shape index (κ3) is 5.42. The number of nitrogens with one attached hydrogen (secondary N) is 2. The highest BCUT2D eigenvalue weighted by Crippen LogP contribution is 2.24. The number of rotatable bonds is 8. The summed E-state index contributed by atoms with van der Waals surface area (Å²) in [5, 5.41) is 4.81. The number of sulfonamides is 1. The number of ether oxygens (including phenoxy) is 2. The van der Waals surface area contributed by atoms with Crippen LogP contribution >= 0.6 is 0 Å². The minimum absolute atomic E-state index is 0.0749. The molecule has 0 aliphatic carbocycles. The minimum atomic E-state index is -3.77. The Labute approximate surface area is 192 Å². The predicted octanol–water partition coefficient (Wildman–Crippen LogP) is 4.67. The summed E-state index contributed by atoms with van der Waals surface area (Å²) >= 11 is 0. The zero-order valence-electron chi connectivity index (χ0n) is 17.8. The monoisotopic (exact) mass is 462 g/mol. The van der Waals surface area contributed by atoms with Crippen LogP contribution in [0.15, 0.2) is 95.9 Å². The zero-order chi connectivity index (χ0) is 23.3. The van der Waals surface area contributed by atoms with Crippen molar-refractivity contribution in [1.82, 2.24) is 0 Å². The van der Waals surface area contributed by atoms with Gasteiger partial charge in [0.15, 0.2) is 6.61 Å². The van der Waals surface area contributed by atoms with Crippen molar-refractivity contribution in [2.75, 3.05) is 23.8 Å². The van der Waals surface area contributed by atoms with Crippen LogP contribution in [0.5, 0.6) is 11.5 Å². The maximum Gasteiger partial charge on any atom is 0.262 e. The lowest BCUT2D eigenvalue weighted by Crippen LogP contribution is -2.20. The summed E-state index contributed by atoms with van der Waals surface area (Å²) in [7, 11) is -2.23. The molecule has 0 saturated carbocycles. The Morgan fingerprint density at radius 1 is 0.818 bits per heavy atom. The highest BCUT2D eigenvalue weighted by atomic mass is 32.2. The number of benzene rings is 4. The lowest BCUT2D eigenvalue weighted by molar-refractivity contribution is -0.118. The largest absolute Gasteiger partial charge is 0.497 e. The molecular weight excluding hydrogens is 440 g/mol. The van der Waals surface area contributed by atoms with Gasteiger partial charge in [0, 0.05) is 16.8 Å². The zero-order valence-corrected chi connectivity index (χ0v) is 18.6. The minimum Gasteiger partial charge on any atom is -0.497 e. The van der Waals surface area contributed by atoms with Gasteiger partial charge in [-0.15, -0.1) is 0 Å². The fourth-order valence-corrected chi connectivity index (χ4v) is 4.32. The molecule has 33 heavy (non-hydrogen) atoms. The first-order valence-electron chi connectivity index (χ1n) is 10.1. The molecule has 0 fully saturated rings. The van der Waals surface area contributed by atoms with Gasteiger partial charge in [-0.05, 0) is 60.0 Å². The fourth-order valence-electron chi connectivity index (χ4n) is 3.26. The maximum atomic E-state index is 12.6. The Hall–Kier alpha value is -4.04. The highest BCUT2D eigenvalue weighted by Gasteiger charge is 2.15. The van der Waals surface area contributed by atoms with Crippen LogP contribution in [0.3, 0.4) is 0 Å². The third-order valence-corrected chi connectivity index (χ3v) is 6.31. The number of methoxy groups -OCH3 is 1. The third-order valence-electron chi connectivity index (χ3n) is 4.91. The molecule has 4 aromatic carbocycles. The summed E-state index contributed by atoms with van der Waals surface area (Å²) in [6.45, 7) is -0.209. The van der Waals surface area contributed by atoms with Crippen LogP contribution in [0.25, 0.3) is 10.8 Å². The number of carbonyl (C=O) groups excluding carboxylic acids is 1. The molecule has 0 aliphatic rings. The van der Waals surface area contributed by atoms with Crippen LogP contribution in [-0.2, 0) is 14.8 Å². The SMILES string of the molecule is COc1ccc(NS(=O)(=O)c2ccc(OCC(=O)Nc3cccc4ccccc34)cc2)cc1. The van der Waals surface area contributed by atoms with E-state index in [2.05, 4.69) is 10.0 Å². The van der Waals surface area contributed by atoms with E-state index in [1.165, 1.54) is 31.4 Å². The normalized spacial score (nSPS) is 11.1. The molecule has 0 aromatic heterocycles. The summed E-state index contributed by atoms with van der Waals surface area (Å²) in [5.41, 5.74) is 1.12. The second-order valence-electron chi connectivity index (χ2n) is 7.17. The summed E-state index contributed by atoms with van der Waals surface area (Å²) in [5.74, 6) is 0.694. The molecule has 7 nitrogen and oxygen atoms in total. The van der Waals surface area contributed by atoms with Crippen LogP contribution in [0.1, 0.15) is 0 Å². The quantitative estimate of drug-likeness (QED) is 0.397. The molecule has 4 rings (SSSR count). The van der Waals surface area contributed by atoms with Gasteiger partial charge in [-0.1, -0.05) is 36.4 Å². The van der Waals surface area contributed by atoms with E-state index in [9.17, 15) is 13.2 Å². The number of hydrogen-bond acceptors (Lipinski definition) is 5. The summed E-state index contributed by atoms with van der Waals surface area (Å²) < 4.78 is 38.3. The Morgan fingerprint density at radius 2 is 1.48 bits per heavy atom. The van der Waals surface area contributed by atoms with Crippen LogP contribution in [0.4, 0.5) is 11.4 Å². The van der Waals surface area contributed by atoms with Gasteiger partial charge >= 0.3 is 0 Å². The summed E-state index contributed by atoms with van der Waals surface area (Å²) in [6.07, 6.45) is 0. The standard InChI is InChI=1S/C25H22N2O5S/c1-31-20-11-9-19(10-12-20)27-33(29,30)22-15-13-21(14-16-22)32-17-25(28)26-24-8-4-6-18-5-2-3-7-23(18)24/h2-16,27H,17H2,1H3,(H,26,28). The molecule has 4 aromatic rings. The topological polar surface area (TPSA) is 93.7 Å². The number of fused-ring (bicyclic) bond motifs is 1. The Morgan fingerprint density at radius 3 is 2.21 bits per heavy atom. The first kappa shape index (κ1) is 22.2. The van der Waals surface area contributed by atoms with Crippen molar-refractivity contribution < 1.29 is 22.7 Å². The smallest absolute Gasteiger partial charge is 0.262 e. The van der Waals surface area contributed by atoms with Gasteiger partial charge in [0.1, 0.15) is 11.5 Å². The number of hydrogen-bond donors (Lipinski definition) is 2. The van der Waals surface area contributed by atoms with Crippen molar-refractivity contribution in [3.8, 4) is 11.5 Å². The second-order valence-corrected chi connectivity index (χ2v) is 8.85. The molecule has 0 unspecified atom stereocenters. The van der Waals surface area contributed by atoms with Crippen molar-refractivity contribution in [2.24, 2.45) is 0 Å². The van der Waals surface area contributed by atoms with Crippen LogP contribution in [0, 0.1) is 0 Å². The van der Waals surface area contributed by atoms with Crippen LogP contribution < -0.4 is 19.5 Å². The first-order chi connectivity index (χ1) is 15.9. The molecule has 0 bridgehead atoms. The number of anilines is 2. The van der Waals surface area contributed by atoms with Crippen LogP contribution in [0.2, 0.25) is 0 Å². The van der Waals surface area contributed by atoms with Gasteiger partial charge in [0.05, 0.1) is 12.0 Å². The van der Waals surface area contributed by atoms with E-state index in [4.69, 9.17) is 9.47 Å². The van der Waals surface area contributed by atoms with E-state index in [1.807, 2.05) is 42.5 Å². The Balaban J connectivity index is 1.36. The van der Waals surface area contributed by atoms with Gasteiger partial charge in [-0.2, -0.15) is 0 Å². The van der Waals surface area contributed by atoms with E-state index in [0.717, 1.165) is 10.8 Å². The van der Waals surface area contributed by atoms with Crippen molar-refractivity contribution in [3.05, 3.63) is 91.0 Å². The molecule has 1 amide bonds. The van der Waals surface area contributed by atoms with E-state index >= 15 is 0 Å². The Kier molecular flexibility index (Phi) is 6.46. The molecule has 2 N–H and O–H groups in total. The summed E-state index contributed by atoms with van der Waals surface area (Å²) in [6, 6.07) is 25.8. The molecule has 0 atom stereocenters. The average molecular weight is 463 g/mol. The molecule has 0 radical (unpaired) electrons. The average Bonchev–Trinajstić information content (AvgIpc) is 2.83. The van der Waals surface area contributed by atoms with Gasteiger partial charge in [-0.3, -0.25) is 9.52 Å². The Bertz CT molecular complexity index is 1360. The van der Waals surface area contributed by atoms with E-state index in [1.54, 1.807) is 24.3 Å². The van der Waals surface area contributed by atoms with E-state index in [-0.39, 0.29) is 17.4 Å². The van der Waals surface area contributed by atoms with Crippen molar-refractivity contribution in [1.29, 1.82) is 0 Å². The first-order valence-corrected chi connectivity index (χ1v) is 11.6. The highest BCUT2D eigenvalue weighted by molar-refractivity contribution is 7.92. The molecule has 0 saturated heterocycles. The maximum absolute atomic E-state index is 12.6. The molecule has 0 spiro atoms. The second kappa shape index (κ2) is 9.62. The van der Waals surface area contributed by atoms with Gasteiger partial charge < -0.3 is 14.8 Å². The fraction of sp³-hybridized carbons (Fsp3) is 0.0800. The lowest BCUT2D eigenvalue weighted by Gasteiger charge is -2.11. The van der Waals surface area contributed by atoms with Crippen molar-refractivity contribution in [2.45, 2.75) is 4.90 Å². The van der Waals surface area contributed by atoms with Crippen molar-refractivity contribution in [3.63, 3.8) is 0 Å². The molecule has 8 heteroatoms. The molecule has 0 aliphatic heterocycles. The van der Waals surface area contributed by atoms with E-state index in [0.29, 0.717) is 22.9 Å². The van der Waals surface area contributed by atoms with Gasteiger partial charge in [0.25, 0.3) is 15.9 Å². The predicted molar refractivity (Wildman–Crippen MR) is 128 cm³/mol. The number of amides is 1. The van der Waals surface area contributed by atoms with Gasteiger partial charge in [0.2, 0.25) is 0 Å². The lowest BCUT2D eigenvalue weighted by atomic mass is 10.1. The van der Waals surface area contributed by atoms with E-state index < -0.39 is 10.0 Å². The van der Waals surface area contributed by atoms with Gasteiger partial charge in [-0.25, -0.2) is 8.42 Å². The molecular formula is C25H22N2O5S. The summed E-state index contributed by atoms with van der Waals surface area (Å²) in [4.78, 5) is 12.4.